The normalized spacial score (nSPS) is 12.7. The highest BCUT2D eigenvalue weighted by molar-refractivity contribution is 5.76. The zero-order valence-electron chi connectivity index (χ0n) is 43.7. The predicted molar refractivity (Wildman–Crippen MR) is 283 cm³/mol. The van der Waals surface area contributed by atoms with Crippen molar-refractivity contribution in [3.05, 3.63) is 24.3 Å². The highest BCUT2D eigenvalue weighted by Crippen LogP contribution is 2.17. The van der Waals surface area contributed by atoms with E-state index in [0.29, 0.717) is 25.9 Å². The molecule has 65 heavy (non-hydrogen) atoms. The average Bonchev–Trinajstić information content (AvgIpc) is 3.31. The van der Waals surface area contributed by atoms with Gasteiger partial charge >= 0.3 is 5.97 Å². The Kier molecular flexibility index (Phi) is 53.5. The van der Waals surface area contributed by atoms with Crippen molar-refractivity contribution in [1.82, 2.24) is 5.32 Å². The molecule has 3 N–H and O–H groups in total. The van der Waals surface area contributed by atoms with Crippen LogP contribution in [-0.4, -0.2) is 47.4 Å². The molecule has 6 nitrogen and oxygen atoms in total. The van der Waals surface area contributed by atoms with Crippen molar-refractivity contribution in [3.8, 4) is 0 Å². The molecule has 0 fully saturated rings. The maximum atomic E-state index is 12.4. The molecule has 0 saturated carbocycles. The number of unbranched alkanes of at least 4 members (excludes halogenated alkanes) is 39. The molecule has 0 radical (unpaired) electrons. The van der Waals surface area contributed by atoms with Gasteiger partial charge in [0.2, 0.25) is 5.91 Å². The zero-order chi connectivity index (χ0) is 47.2. The van der Waals surface area contributed by atoms with E-state index in [1.165, 1.54) is 231 Å². The van der Waals surface area contributed by atoms with Gasteiger partial charge < -0.3 is 20.3 Å². The van der Waals surface area contributed by atoms with Crippen LogP contribution in [0.4, 0.5) is 0 Å². The van der Waals surface area contributed by atoms with Gasteiger partial charge in [0.15, 0.2) is 0 Å². The molecule has 0 bridgehead atoms. The van der Waals surface area contributed by atoms with Crippen LogP contribution in [-0.2, 0) is 14.3 Å². The van der Waals surface area contributed by atoms with Crippen molar-refractivity contribution in [2.75, 3.05) is 13.2 Å². The number of aliphatic hydroxyl groups is 2. The number of aliphatic hydroxyl groups excluding tert-OH is 2. The van der Waals surface area contributed by atoms with Gasteiger partial charge in [0.05, 0.1) is 25.4 Å². The second kappa shape index (κ2) is 54.9. The smallest absolute Gasteiger partial charge is 0.305 e. The molecule has 0 aromatic heterocycles. The Labute approximate surface area is 405 Å². The fraction of sp³-hybridized carbons (Fsp3) is 0.898. The number of carbonyl (C=O) groups excluding carboxylic acids is 2. The quantitative estimate of drug-likeness (QED) is 0.0321. The monoisotopic (exact) mass is 916 g/mol. The lowest BCUT2D eigenvalue weighted by Crippen LogP contribution is -2.45. The topological polar surface area (TPSA) is 95.9 Å². The van der Waals surface area contributed by atoms with Gasteiger partial charge in [-0.2, -0.15) is 0 Å². The van der Waals surface area contributed by atoms with Crippen molar-refractivity contribution in [2.45, 2.75) is 328 Å². The molecule has 2 unspecified atom stereocenters. The highest BCUT2D eigenvalue weighted by Gasteiger charge is 2.20. The van der Waals surface area contributed by atoms with Crippen molar-refractivity contribution >= 4 is 11.9 Å². The molecule has 6 heteroatoms. The molecule has 0 aliphatic carbocycles. The van der Waals surface area contributed by atoms with Crippen molar-refractivity contribution < 1.29 is 24.5 Å². The molecule has 384 valence electrons. The van der Waals surface area contributed by atoms with Crippen molar-refractivity contribution in [3.63, 3.8) is 0 Å². The first-order valence-corrected chi connectivity index (χ1v) is 29.1. The lowest BCUT2D eigenvalue weighted by atomic mass is 10.0. The van der Waals surface area contributed by atoms with Crippen LogP contribution < -0.4 is 5.32 Å². The molecule has 1 amide bonds. The number of esters is 1. The molecule has 2 atom stereocenters. The Morgan fingerprint density at radius 1 is 0.431 bits per heavy atom. The number of nitrogens with one attached hydrogen (secondary N) is 1. The summed E-state index contributed by atoms with van der Waals surface area (Å²) in [6.07, 6.45) is 66.0. The Bertz CT molecular complexity index is 1010. The van der Waals surface area contributed by atoms with Crippen LogP contribution >= 0.6 is 0 Å². The van der Waals surface area contributed by atoms with Crippen LogP contribution in [0.2, 0.25) is 0 Å². The Hall–Kier alpha value is -1.66. The van der Waals surface area contributed by atoms with E-state index < -0.39 is 12.1 Å². The lowest BCUT2D eigenvalue weighted by molar-refractivity contribution is -0.143. The third-order valence-corrected chi connectivity index (χ3v) is 13.5. The van der Waals surface area contributed by atoms with Gasteiger partial charge in [-0.1, -0.05) is 269 Å². The van der Waals surface area contributed by atoms with E-state index in [0.717, 1.165) is 51.4 Å². The number of ether oxygens (including phenoxy) is 1. The third kappa shape index (κ3) is 51.6. The average molecular weight is 917 g/mol. The van der Waals surface area contributed by atoms with Crippen LogP contribution in [0.3, 0.4) is 0 Å². The van der Waals surface area contributed by atoms with E-state index in [4.69, 9.17) is 4.74 Å². The summed E-state index contributed by atoms with van der Waals surface area (Å²) in [4.78, 5) is 24.5. The first kappa shape index (κ1) is 63.3. The standard InChI is InChI=1S/C59H113NO5/c1-3-5-7-9-11-13-15-16-25-29-33-37-41-45-49-53-59(64)65-54-50-46-42-38-34-30-27-24-22-20-18-17-19-21-23-26-28-32-36-40-44-48-52-58(63)60-56(55-61)57(62)51-47-43-39-35-31-14-12-10-8-6-4-2/h11,13,16,25,56-57,61-62H,3-10,12,14-15,17-24,26-55H2,1-2H3,(H,60,63)/b13-11-,25-16-. The first-order valence-electron chi connectivity index (χ1n) is 29.1. The number of hydrogen-bond acceptors (Lipinski definition) is 5. The van der Waals surface area contributed by atoms with Crippen LogP contribution in [0.25, 0.3) is 0 Å². The van der Waals surface area contributed by atoms with Gasteiger partial charge in [-0.3, -0.25) is 9.59 Å². The summed E-state index contributed by atoms with van der Waals surface area (Å²) >= 11 is 0. The summed E-state index contributed by atoms with van der Waals surface area (Å²) < 4.78 is 5.47. The largest absolute Gasteiger partial charge is 0.466 e. The van der Waals surface area contributed by atoms with Gasteiger partial charge in [0, 0.05) is 12.8 Å². The van der Waals surface area contributed by atoms with Gasteiger partial charge in [0.25, 0.3) is 0 Å². The van der Waals surface area contributed by atoms with E-state index in [9.17, 15) is 19.8 Å². The molecule has 0 aliphatic rings. The Morgan fingerprint density at radius 3 is 1.20 bits per heavy atom. The predicted octanol–water partition coefficient (Wildman–Crippen LogP) is 17.9. The maximum absolute atomic E-state index is 12.4. The second-order valence-corrected chi connectivity index (χ2v) is 20.0. The summed E-state index contributed by atoms with van der Waals surface area (Å²) in [7, 11) is 0. The summed E-state index contributed by atoms with van der Waals surface area (Å²) in [5.74, 6) is -0.0364. The summed E-state index contributed by atoms with van der Waals surface area (Å²) in [5.41, 5.74) is 0. The zero-order valence-corrected chi connectivity index (χ0v) is 43.7. The number of amides is 1. The lowest BCUT2D eigenvalue weighted by Gasteiger charge is -2.22. The molecule has 0 aromatic carbocycles. The second-order valence-electron chi connectivity index (χ2n) is 20.0. The molecule has 0 saturated heterocycles. The minimum atomic E-state index is -0.663. The maximum Gasteiger partial charge on any atom is 0.305 e. The molecule has 0 spiro atoms. The molecular formula is C59H113NO5. The Morgan fingerprint density at radius 2 is 0.769 bits per heavy atom. The number of carbonyl (C=O) groups is 2. The minimum Gasteiger partial charge on any atom is -0.466 e. The molecule has 0 aliphatic heterocycles. The highest BCUT2D eigenvalue weighted by atomic mass is 16.5. The van der Waals surface area contributed by atoms with E-state index in [1.54, 1.807) is 0 Å². The SMILES string of the molecule is CCCCC/C=C\C/C=C\CCCCCCCC(=O)OCCCCCCCCCCCCCCCCCCCCCCCCC(=O)NC(CO)C(O)CCCCCCCCCCCCC. The van der Waals surface area contributed by atoms with E-state index >= 15 is 0 Å². The fourth-order valence-electron chi connectivity index (χ4n) is 9.02. The number of hydrogen-bond donors (Lipinski definition) is 3. The van der Waals surface area contributed by atoms with Crippen LogP contribution in [0.1, 0.15) is 316 Å². The third-order valence-electron chi connectivity index (χ3n) is 13.5. The van der Waals surface area contributed by atoms with E-state index in [1.807, 2.05) is 0 Å². The number of allylic oxidation sites excluding steroid dienone is 4. The first-order chi connectivity index (χ1) is 32.0. The van der Waals surface area contributed by atoms with E-state index in [2.05, 4.69) is 43.5 Å². The van der Waals surface area contributed by atoms with Gasteiger partial charge in [-0.05, 0) is 57.8 Å². The summed E-state index contributed by atoms with van der Waals surface area (Å²) in [6, 6.07) is -0.540. The molecular weight excluding hydrogens is 803 g/mol. The molecule has 0 rings (SSSR count). The van der Waals surface area contributed by atoms with Crippen LogP contribution in [0, 0.1) is 0 Å². The molecule has 0 aromatic rings. The summed E-state index contributed by atoms with van der Waals surface area (Å²) in [5, 5.41) is 23.2. The van der Waals surface area contributed by atoms with Gasteiger partial charge in [-0.25, -0.2) is 0 Å². The van der Waals surface area contributed by atoms with Gasteiger partial charge in [0.1, 0.15) is 0 Å². The minimum absolute atomic E-state index is 0.000701. The molecule has 0 heterocycles. The van der Waals surface area contributed by atoms with E-state index in [-0.39, 0.29) is 18.5 Å². The fourth-order valence-corrected chi connectivity index (χ4v) is 9.02. The van der Waals surface area contributed by atoms with Crippen LogP contribution in [0.5, 0.6) is 0 Å². The van der Waals surface area contributed by atoms with Crippen LogP contribution in [0.15, 0.2) is 24.3 Å². The number of rotatable bonds is 54. The Balaban J connectivity index is 3.36. The van der Waals surface area contributed by atoms with Crippen molar-refractivity contribution in [2.24, 2.45) is 0 Å². The summed E-state index contributed by atoms with van der Waals surface area (Å²) in [6.45, 7) is 4.92. The van der Waals surface area contributed by atoms with Crippen molar-refractivity contribution in [1.29, 1.82) is 0 Å². The van der Waals surface area contributed by atoms with Gasteiger partial charge in [-0.15, -0.1) is 0 Å².